The fourth-order valence-corrected chi connectivity index (χ4v) is 5.60. The predicted molar refractivity (Wildman–Crippen MR) is 111 cm³/mol. The fourth-order valence-electron chi connectivity index (χ4n) is 3.35. The van der Waals surface area contributed by atoms with Gasteiger partial charge in [-0.3, -0.25) is 0 Å². The van der Waals surface area contributed by atoms with Crippen molar-refractivity contribution in [2.24, 2.45) is 0 Å². The second-order valence-electron chi connectivity index (χ2n) is 7.64. The van der Waals surface area contributed by atoms with Crippen LogP contribution < -0.4 is 5.19 Å². The third-order valence-corrected chi connectivity index (χ3v) is 7.66. The lowest BCUT2D eigenvalue weighted by Gasteiger charge is -2.29. The van der Waals surface area contributed by atoms with Crippen molar-refractivity contribution < 1.29 is 4.43 Å². The van der Waals surface area contributed by atoms with Crippen molar-refractivity contribution in [1.29, 1.82) is 0 Å². The maximum atomic E-state index is 6.58. The zero-order valence-electron chi connectivity index (χ0n) is 16.7. The van der Waals surface area contributed by atoms with Crippen LogP contribution in [0.3, 0.4) is 0 Å². The first-order chi connectivity index (χ1) is 11.6. The van der Waals surface area contributed by atoms with Crippen LogP contribution in [0.4, 0.5) is 0 Å². The van der Waals surface area contributed by atoms with Crippen LogP contribution in [0.5, 0.6) is 0 Å². The van der Waals surface area contributed by atoms with E-state index in [4.69, 9.17) is 4.43 Å². The van der Waals surface area contributed by atoms with Gasteiger partial charge in [0, 0.05) is 6.10 Å². The lowest BCUT2D eigenvalue weighted by Crippen LogP contribution is -2.47. The number of hydrogen-bond acceptors (Lipinski definition) is 1. The van der Waals surface area contributed by atoms with Crippen LogP contribution in [-0.4, -0.2) is 14.4 Å². The van der Waals surface area contributed by atoms with Gasteiger partial charge >= 0.3 is 0 Å². The summed E-state index contributed by atoms with van der Waals surface area (Å²) < 4.78 is 6.58. The highest BCUT2D eigenvalue weighted by atomic mass is 28.4. The van der Waals surface area contributed by atoms with E-state index in [-0.39, 0.29) is 0 Å². The van der Waals surface area contributed by atoms with Gasteiger partial charge in [0.2, 0.25) is 8.32 Å². The molecule has 0 aliphatic heterocycles. The van der Waals surface area contributed by atoms with Gasteiger partial charge < -0.3 is 4.43 Å². The molecule has 0 N–H and O–H groups in total. The summed E-state index contributed by atoms with van der Waals surface area (Å²) in [5, 5.41) is 1.41. The minimum absolute atomic E-state index is 0.441. The molecule has 0 saturated heterocycles. The zero-order valence-corrected chi connectivity index (χ0v) is 17.7. The standard InChI is InChI=1S/C22H40OSi/c1-5-7-8-9-10-11-12-13-15-18-21(6-2)23-24(3,4)22-19-16-14-17-20-22/h14,16-17,19-21H,5-13,15,18H2,1-4H3. The first kappa shape index (κ1) is 21.4. The summed E-state index contributed by atoms with van der Waals surface area (Å²) in [6, 6.07) is 10.8. The van der Waals surface area contributed by atoms with Crippen molar-refractivity contribution in [2.45, 2.75) is 104 Å². The average molecular weight is 349 g/mol. The van der Waals surface area contributed by atoms with Gasteiger partial charge in [-0.15, -0.1) is 0 Å². The Kier molecular flexibility index (Phi) is 11.4. The van der Waals surface area contributed by atoms with Crippen LogP contribution in [0.1, 0.15) is 84.5 Å². The van der Waals surface area contributed by atoms with E-state index < -0.39 is 8.32 Å². The molecular formula is C22H40OSi. The van der Waals surface area contributed by atoms with Crippen molar-refractivity contribution in [2.75, 3.05) is 0 Å². The highest BCUT2D eigenvalue weighted by Crippen LogP contribution is 2.18. The highest BCUT2D eigenvalue weighted by molar-refractivity contribution is 6.84. The van der Waals surface area contributed by atoms with E-state index in [2.05, 4.69) is 57.3 Å². The molecule has 1 aromatic rings. The molecule has 0 saturated carbocycles. The molecular weight excluding hydrogens is 308 g/mol. The van der Waals surface area contributed by atoms with Gasteiger partial charge in [0.1, 0.15) is 0 Å². The van der Waals surface area contributed by atoms with Crippen LogP contribution >= 0.6 is 0 Å². The number of hydrogen-bond donors (Lipinski definition) is 0. The van der Waals surface area contributed by atoms with Crippen molar-refractivity contribution in [3.8, 4) is 0 Å². The summed E-state index contributed by atoms with van der Waals surface area (Å²) in [6.07, 6.45) is 15.4. The molecule has 0 aromatic heterocycles. The van der Waals surface area contributed by atoms with Crippen molar-refractivity contribution in [3.05, 3.63) is 30.3 Å². The summed E-state index contributed by atoms with van der Waals surface area (Å²) in [4.78, 5) is 0. The maximum Gasteiger partial charge on any atom is 0.218 e. The molecule has 1 atom stereocenters. The van der Waals surface area contributed by atoms with Gasteiger partial charge in [-0.1, -0.05) is 102 Å². The van der Waals surface area contributed by atoms with E-state index in [1.165, 1.54) is 69.4 Å². The topological polar surface area (TPSA) is 9.23 Å². The Labute approximate surface area is 152 Å². The van der Waals surface area contributed by atoms with E-state index >= 15 is 0 Å². The monoisotopic (exact) mass is 348 g/mol. The van der Waals surface area contributed by atoms with Crippen LogP contribution in [-0.2, 0) is 4.43 Å². The van der Waals surface area contributed by atoms with Crippen molar-refractivity contribution in [1.82, 2.24) is 0 Å². The van der Waals surface area contributed by atoms with Gasteiger partial charge in [-0.2, -0.15) is 0 Å². The van der Waals surface area contributed by atoms with E-state index in [9.17, 15) is 0 Å². The lowest BCUT2D eigenvalue weighted by molar-refractivity contribution is 0.178. The smallest absolute Gasteiger partial charge is 0.218 e. The number of benzene rings is 1. The molecule has 0 spiro atoms. The van der Waals surface area contributed by atoms with Gasteiger partial charge in [-0.25, -0.2) is 0 Å². The first-order valence-electron chi connectivity index (χ1n) is 10.3. The second kappa shape index (κ2) is 12.7. The Morgan fingerprint density at radius 1 is 0.792 bits per heavy atom. The number of rotatable bonds is 14. The summed E-state index contributed by atoms with van der Waals surface area (Å²) in [7, 11) is -1.76. The summed E-state index contributed by atoms with van der Waals surface area (Å²) in [5.74, 6) is 0. The highest BCUT2D eigenvalue weighted by Gasteiger charge is 2.28. The molecule has 2 heteroatoms. The quantitative estimate of drug-likeness (QED) is 0.265. The van der Waals surface area contributed by atoms with E-state index in [1.807, 2.05) is 0 Å². The van der Waals surface area contributed by atoms with Crippen LogP contribution in [0.25, 0.3) is 0 Å². The predicted octanol–water partition coefficient (Wildman–Crippen LogP) is 6.81. The summed E-state index contributed by atoms with van der Waals surface area (Å²) in [5.41, 5.74) is 0. The van der Waals surface area contributed by atoms with Gasteiger partial charge in [-0.05, 0) is 31.1 Å². The van der Waals surface area contributed by atoms with Crippen LogP contribution in [0.15, 0.2) is 30.3 Å². The molecule has 1 nitrogen and oxygen atoms in total. The minimum Gasteiger partial charge on any atom is -0.410 e. The molecule has 0 bridgehead atoms. The maximum absolute atomic E-state index is 6.58. The first-order valence-corrected chi connectivity index (χ1v) is 13.2. The van der Waals surface area contributed by atoms with Crippen LogP contribution in [0, 0.1) is 0 Å². The Bertz CT molecular complexity index is 402. The molecule has 0 aliphatic carbocycles. The summed E-state index contributed by atoms with van der Waals surface area (Å²) >= 11 is 0. The molecule has 1 aromatic carbocycles. The molecule has 0 radical (unpaired) electrons. The Hall–Kier alpha value is -0.603. The second-order valence-corrected chi connectivity index (χ2v) is 11.5. The van der Waals surface area contributed by atoms with E-state index in [0.29, 0.717) is 6.10 Å². The Balaban J connectivity index is 2.18. The average Bonchev–Trinajstić information content (AvgIpc) is 2.60. The Morgan fingerprint density at radius 2 is 1.33 bits per heavy atom. The lowest BCUT2D eigenvalue weighted by atomic mass is 10.0. The molecule has 24 heavy (non-hydrogen) atoms. The summed E-state index contributed by atoms with van der Waals surface area (Å²) in [6.45, 7) is 9.23. The Morgan fingerprint density at radius 3 is 1.88 bits per heavy atom. The largest absolute Gasteiger partial charge is 0.410 e. The molecule has 138 valence electrons. The molecule has 0 amide bonds. The number of unbranched alkanes of at least 4 members (excludes halogenated alkanes) is 8. The minimum atomic E-state index is -1.76. The molecule has 1 rings (SSSR count). The molecule has 0 fully saturated rings. The fraction of sp³-hybridized carbons (Fsp3) is 0.727. The molecule has 1 unspecified atom stereocenters. The van der Waals surface area contributed by atoms with E-state index in [1.54, 1.807) is 0 Å². The van der Waals surface area contributed by atoms with Crippen molar-refractivity contribution >= 4 is 13.5 Å². The third-order valence-electron chi connectivity index (χ3n) is 5.02. The SMILES string of the molecule is CCCCCCCCCCCC(CC)O[Si](C)(C)c1ccccc1. The van der Waals surface area contributed by atoms with Gasteiger partial charge in [0.25, 0.3) is 0 Å². The van der Waals surface area contributed by atoms with Crippen molar-refractivity contribution in [3.63, 3.8) is 0 Å². The molecule has 0 heterocycles. The zero-order chi connectivity index (χ0) is 17.7. The van der Waals surface area contributed by atoms with Crippen LogP contribution in [0.2, 0.25) is 13.1 Å². The third kappa shape index (κ3) is 9.03. The normalized spacial score (nSPS) is 13.2. The van der Waals surface area contributed by atoms with Gasteiger partial charge in [0.05, 0.1) is 0 Å². The molecule has 0 aliphatic rings. The van der Waals surface area contributed by atoms with E-state index in [0.717, 1.165) is 6.42 Å². The van der Waals surface area contributed by atoms with Gasteiger partial charge in [0.15, 0.2) is 0 Å².